The van der Waals surface area contributed by atoms with Gasteiger partial charge < -0.3 is 5.32 Å². The number of rotatable bonds is 2. The molecule has 156 valence electrons. The van der Waals surface area contributed by atoms with Gasteiger partial charge in [0.2, 0.25) is 5.91 Å². The molecule has 1 aromatic heterocycles. The quantitative estimate of drug-likeness (QED) is 0.597. The van der Waals surface area contributed by atoms with Crippen LogP contribution in [-0.4, -0.2) is 31.6 Å². The lowest BCUT2D eigenvalue weighted by atomic mass is 9.96. The smallest absolute Gasteiger partial charge is 0.325 e. The van der Waals surface area contributed by atoms with E-state index in [-0.39, 0.29) is 15.5 Å². The number of hydrogen-bond donors (Lipinski definition) is 1. The highest BCUT2D eigenvalue weighted by Gasteiger charge is 2.47. The first-order valence-electron chi connectivity index (χ1n) is 8.54. The van der Waals surface area contributed by atoms with E-state index in [1.165, 1.54) is 6.07 Å². The van der Waals surface area contributed by atoms with Gasteiger partial charge in [-0.15, -0.1) is 11.3 Å². The number of anilines is 1. The largest absolute Gasteiger partial charge is 0.416 e. The maximum absolute atomic E-state index is 13.0. The second-order valence-electron chi connectivity index (χ2n) is 6.61. The molecule has 0 fully saturated rings. The Morgan fingerprint density at radius 3 is 2.53 bits per heavy atom. The summed E-state index contributed by atoms with van der Waals surface area (Å²) in [5.41, 5.74) is -1.07. The summed E-state index contributed by atoms with van der Waals surface area (Å²) in [5, 5.41) is 2.76. The van der Waals surface area contributed by atoms with E-state index in [9.17, 15) is 31.2 Å². The SMILES string of the molecule is CN1C(=O)C(C(=O)Nc2cccc(C(F)(F)F)c2)c2c(sc3ccccc23)S1(=O)=O. The molecule has 4 rings (SSSR count). The summed E-state index contributed by atoms with van der Waals surface area (Å²) in [6, 6.07) is 10.6. The first-order chi connectivity index (χ1) is 14.0. The molecule has 30 heavy (non-hydrogen) atoms. The van der Waals surface area contributed by atoms with Crippen LogP contribution in [0.3, 0.4) is 0 Å². The molecule has 2 amide bonds. The molecular formula is C19H13F3N2O4S2. The van der Waals surface area contributed by atoms with Gasteiger partial charge in [-0.2, -0.15) is 13.2 Å². The predicted octanol–water partition coefficient (Wildman–Crippen LogP) is 3.80. The second-order valence-corrected chi connectivity index (χ2v) is 9.83. The van der Waals surface area contributed by atoms with Gasteiger partial charge in [-0.1, -0.05) is 24.3 Å². The molecule has 0 spiro atoms. The molecule has 0 saturated carbocycles. The zero-order valence-corrected chi connectivity index (χ0v) is 16.9. The van der Waals surface area contributed by atoms with E-state index in [4.69, 9.17) is 0 Å². The van der Waals surface area contributed by atoms with Gasteiger partial charge in [0.15, 0.2) is 0 Å². The van der Waals surface area contributed by atoms with Crippen molar-refractivity contribution < 1.29 is 31.2 Å². The van der Waals surface area contributed by atoms with Crippen molar-refractivity contribution in [2.45, 2.75) is 16.3 Å². The molecule has 0 saturated heterocycles. The minimum Gasteiger partial charge on any atom is -0.325 e. The highest BCUT2D eigenvalue weighted by Crippen LogP contribution is 2.44. The molecule has 0 aliphatic carbocycles. The lowest BCUT2D eigenvalue weighted by Gasteiger charge is -2.28. The maximum Gasteiger partial charge on any atom is 0.416 e. The molecule has 2 heterocycles. The predicted molar refractivity (Wildman–Crippen MR) is 105 cm³/mol. The van der Waals surface area contributed by atoms with Crippen molar-refractivity contribution in [1.29, 1.82) is 0 Å². The molecule has 0 radical (unpaired) electrons. The first-order valence-corrected chi connectivity index (χ1v) is 10.8. The van der Waals surface area contributed by atoms with E-state index in [0.29, 0.717) is 14.4 Å². The topological polar surface area (TPSA) is 83.6 Å². The van der Waals surface area contributed by atoms with Crippen LogP contribution in [0.15, 0.2) is 52.7 Å². The van der Waals surface area contributed by atoms with E-state index in [0.717, 1.165) is 36.6 Å². The summed E-state index contributed by atoms with van der Waals surface area (Å²) in [6.45, 7) is 0. The summed E-state index contributed by atoms with van der Waals surface area (Å²) in [5.74, 6) is -3.40. The highest BCUT2D eigenvalue weighted by molar-refractivity contribution is 7.92. The Labute approximate surface area is 173 Å². The average molecular weight is 454 g/mol. The average Bonchev–Trinajstić information content (AvgIpc) is 3.07. The number of sulfonamides is 1. The number of nitrogens with zero attached hydrogens (tertiary/aromatic N) is 1. The number of fused-ring (bicyclic) bond motifs is 3. The molecule has 11 heteroatoms. The summed E-state index contributed by atoms with van der Waals surface area (Å²) < 4.78 is 65.2. The molecule has 1 unspecified atom stereocenters. The van der Waals surface area contributed by atoms with Crippen LogP contribution >= 0.6 is 11.3 Å². The number of alkyl halides is 3. The number of benzene rings is 2. The van der Waals surface area contributed by atoms with Crippen LogP contribution < -0.4 is 5.32 Å². The normalized spacial score (nSPS) is 18.3. The van der Waals surface area contributed by atoms with E-state index >= 15 is 0 Å². The molecule has 2 aromatic carbocycles. The minimum atomic E-state index is -4.60. The third kappa shape index (κ3) is 3.14. The van der Waals surface area contributed by atoms with Crippen molar-refractivity contribution in [3.63, 3.8) is 0 Å². The molecule has 1 N–H and O–H groups in total. The number of likely N-dealkylation sites (N-methyl/N-ethyl adjacent to an activating group) is 1. The Hall–Kier alpha value is -2.92. The van der Waals surface area contributed by atoms with Crippen LogP contribution in [0.5, 0.6) is 0 Å². The summed E-state index contributed by atoms with van der Waals surface area (Å²) in [6.07, 6.45) is -4.60. The zero-order chi connectivity index (χ0) is 21.8. The van der Waals surface area contributed by atoms with Crippen molar-refractivity contribution in [3.05, 3.63) is 59.7 Å². The Kier molecular flexibility index (Phi) is 4.62. The van der Waals surface area contributed by atoms with Gasteiger partial charge >= 0.3 is 6.18 Å². The number of hydrogen-bond acceptors (Lipinski definition) is 5. The van der Waals surface area contributed by atoms with Gasteiger partial charge in [-0.3, -0.25) is 9.59 Å². The van der Waals surface area contributed by atoms with Gasteiger partial charge in [-0.25, -0.2) is 12.7 Å². The fourth-order valence-electron chi connectivity index (χ4n) is 3.29. The van der Waals surface area contributed by atoms with Gasteiger partial charge in [0.25, 0.3) is 15.9 Å². The fraction of sp³-hybridized carbons (Fsp3) is 0.158. The maximum atomic E-state index is 13.0. The number of halogens is 3. The standard InChI is InChI=1S/C19H13F3N2O4S2/c1-24-17(26)15(16(25)23-11-6-4-5-10(9-11)19(20,21)22)14-12-7-2-3-8-13(12)29-18(14)30(24,27)28/h2-9,15H,1H3,(H,23,25). The van der Waals surface area contributed by atoms with Gasteiger partial charge in [-0.05, 0) is 29.7 Å². The van der Waals surface area contributed by atoms with Crippen molar-refractivity contribution in [2.75, 3.05) is 12.4 Å². The van der Waals surface area contributed by atoms with Crippen molar-refractivity contribution >= 4 is 48.9 Å². The molecule has 3 aromatic rings. The second kappa shape index (κ2) is 6.81. The fourth-order valence-corrected chi connectivity index (χ4v) is 6.38. The van der Waals surface area contributed by atoms with Gasteiger partial charge in [0.1, 0.15) is 10.1 Å². The molecule has 1 atom stereocenters. The van der Waals surface area contributed by atoms with Crippen molar-refractivity contribution in [1.82, 2.24) is 4.31 Å². The lowest BCUT2D eigenvalue weighted by Crippen LogP contribution is -2.45. The molecular weight excluding hydrogens is 441 g/mol. The van der Waals surface area contributed by atoms with Crippen LogP contribution in [0.1, 0.15) is 17.0 Å². The summed E-state index contributed by atoms with van der Waals surface area (Å²) in [7, 11) is -3.07. The Morgan fingerprint density at radius 1 is 1.13 bits per heavy atom. The Balaban J connectivity index is 1.81. The Bertz CT molecular complexity index is 1300. The third-order valence-electron chi connectivity index (χ3n) is 4.76. The number of carbonyl (C=O) groups excluding carboxylic acids is 2. The van der Waals surface area contributed by atoms with Gasteiger partial charge in [0.05, 0.1) is 5.56 Å². The summed E-state index contributed by atoms with van der Waals surface area (Å²) >= 11 is 0.935. The third-order valence-corrected chi connectivity index (χ3v) is 8.21. The van der Waals surface area contributed by atoms with Crippen molar-refractivity contribution in [2.24, 2.45) is 0 Å². The molecule has 6 nitrogen and oxygen atoms in total. The van der Waals surface area contributed by atoms with Crippen LogP contribution in [0, 0.1) is 0 Å². The number of amides is 2. The van der Waals surface area contributed by atoms with Crippen LogP contribution in [-0.2, 0) is 25.8 Å². The summed E-state index contributed by atoms with van der Waals surface area (Å²) in [4.78, 5) is 25.8. The number of thiophene rings is 1. The van der Waals surface area contributed by atoms with Crippen LogP contribution in [0.2, 0.25) is 0 Å². The monoisotopic (exact) mass is 454 g/mol. The minimum absolute atomic E-state index is 0.0446. The van der Waals surface area contributed by atoms with Crippen LogP contribution in [0.4, 0.5) is 18.9 Å². The molecule has 0 bridgehead atoms. The molecule has 1 aliphatic heterocycles. The number of carbonyl (C=O) groups is 2. The van der Waals surface area contributed by atoms with Gasteiger partial charge in [0, 0.05) is 23.0 Å². The number of nitrogens with one attached hydrogen (secondary N) is 1. The van der Waals surface area contributed by atoms with Crippen molar-refractivity contribution in [3.8, 4) is 0 Å². The zero-order valence-electron chi connectivity index (χ0n) is 15.2. The Morgan fingerprint density at radius 2 is 1.83 bits per heavy atom. The van der Waals surface area contributed by atoms with E-state index < -0.39 is 39.5 Å². The van der Waals surface area contributed by atoms with E-state index in [1.54, 1.807) is 24.3 Å². The van der Waals surface area contributed by atoms with Crippen LogP contribution in [0.25, 0.3) is 10.1 Å². The first kappa shape index (κ1) is 20.4. The lowest BCUT2D eigenvalue weighted by molar-refractivity contribution is -0.138. The van der Waals surface area contributed by atoms with E-state index in [1.807, 2.05) is 0 Å². The van der Waals surface area contributed by atoms with E-state index in [2.05, 4.69) is 5.32 Å². The molecule has 1 aliphatic rings. The highest BCUT2D eigenvalue weighted by atomic mass is 32.2.